The number of amides is 1. The summed E-state index contributed by atoms with van der Waals surface area (Å²) in [4.78, 5) is 20.1. The largest absolute Gasteiger partial charge is 0.377 e. The maximum Gasteiger partial charge on any atom is 0.266 e. The Kier molecular flexibility index (Phi) is 3.50. The quantitative estimate of drug-likeness (QED) is 0.864. The number of carbonyl (C=O) groups is 1. The van der Waals surface area contributed by atoms with Crippen LogP contribution in [0, 0.1) is 5.92 Å². The predicted octanol–water partition coefficient (Wildman–Crippen LogP) is 2.18. The minimum atomic E-state index is -0.173. The molecule has 0 aromatic carbocycles. The van der Waals surface area contributed by atoms with Crippen molar-refractivity contribution in [2.75, 3.05) is 19.8 Å². The lowest BCUT2D eigenvalue weighted by atomic mass is 9.93. The molecule has 2 fully saturated rings. The third kappa shape index (κ3) is 2.57. The van der Waals surface area contributed by atoms with E-state index in [0.29, 0.717) is 30.6 Å². The van der Waals surface area contributed by atoms with E-state index in [1.54, 1.807) is 17.1 Å². The maximum atomic E-state index is 13.0. The topological polar surface area (TPSA) is 60.2 Å². The maximum absolute atomic E-state index is 13.0. The van der Waals surface area contributed by atoms with Crippen LogP contribution in [0.3, 0.4) is 0 Å². The van der Waals surface area contributed by atoms with Crippen LogP contribution in [0.1, 0.15) is 29.4 Å². The van der Waals surface area contributed by atoms with Crippen LogP contribution in [0.25, 0.3) is 10.6 Å². The normalized spacial score (nSPS) is 24.9. The van der Waals surface area contributed by atoms with Gasteiger partial charge in [0.2, 0.25) is 0 Å². The molecule has 1 atom stereocenters. The number of hydrogen-bond donors (Lipinski definition) is 0. The molecule has 1 aliphatic heterocycles. The highest BCUT2D eigenvalue weighted by atomic mass is 32.1. The molecular formula is C16H20N4O2S. The molecule has 6 nitrogen and oxygen atoms in total. The van der Waals surface area contributed by atoms with Gasteiger partial charge < -0.3 is 9.64 Å². The first kappa shape index (κ1) is 14.8. The number of aromatic nitrogens is 3. The minimum absolute atomic E-state index is 0.0790. The van der Waals surface area contributed by atoms with Gasteiger partial charge in [-0.1, -0.05) is 0 Å². The van der Waals surface area contributed by atoms with Crippen LogP contribution in [0.5, 0.6) is 0 Å². The van der Waals surface area contributed by atoms with Crippen LogP contribution < -0.4 is 0 Å². The Morgan fingerprint density at radius 1 is 1.43 bits per heavy atom. The van der Waals surface area contributed by atoms with E-state index in [1.165, 1.54) is 24.2 Å². The molecular weight excluding hydrogens is 312 g/mol. The Labute approximate surface area is 139 Å². The first-order valence-electron chi connectivity index (χ1n) is 7.92. The van der Waals surface area contributed by atoms with Gasteiger partial charge in [-0.3, -0.25) is 9.48 Å². The zero-order valence-corrected chi connectivity index (χ0v) is 14.2. The Morgan fingerprint density at radius 2 is 2.26 bits per heavy atom. The van der Waals surface area contributed by atoms with Gasteiger partial charge in [-0.25, -0.2) is 4.98 Å². The van der Waals surface area contributed by atoms with Crippen LogP contribution in [-0.4, -0.2) is 50.9 Å². The van der Waals surface area contributed by atoms with Gasteiger partial charge in [0.1, 0.15) is 9.88 Å². The van der Waals surface area contributed by atoms with Crippen molar-refractivity contribution in [2.24, 2.45) is 13.0 Å². The first-order chi connectivity index (χ1) is 11.1. The molecule has 1 unspecified atom stereocenters. The number of rotatable bonds is 3. The Hall–Kier alpha value is -1.73. The van der Waals surface area contributed by atoms with Gasteiger partial charge in [-0.2, -0.15) is 5.10 Å². The van der Waals surface area contributed by atoms with E-state index in [4.69, 9.17) is 4.74 Å². The highest BCUT2D eigenvalue weighted by molar-refractivity contribution is 7.16. The summed E-state index contributed by atoms with van der Waals surface area (Å²) in [7, 11) is 1.87. The van der Waals surface area contributed by atoms with E-state index in [-0.39, 0.29) is 11.4 Å². The van der Waals surface area contributed by atoms with Crippen molar-refractivity contribution in [1.82, 2.24) is 19.7 Å². The number of nitrogens with zero attached hydrogens (tertiary/aromatic N) is 4. The fraction of sp³-hybridized carbons (Fsp3) is 0.562. The second kappa shape index (κ2) is 5.42. The summed E-state index contributed by atoms with van der Waals surface area (Å²) < 4.78 is 7.40. The number of morpholine rings is 1. The number of carbonyl (C=O) groups excluding carboxylic acids is 1. The van der Waals surface area contributed by atoms with Gasteiger partial charge in [0.05, 0.1) is 31.1 Å². The standard InChI is InChI=1S/C16H20N4O2S/c1-16(12-3-4-12)10-22-6-5-20(16)15(21)13-8-17-14(23-13)11-7-18-19(2)9-11/h7-9,12H,3-6,10H2,1-2H3. The molecule has 0 bridgehead atoms. The van der Waals surface area contributed by atoms with Gasteiger partial charge in [-0.15, -0.1) is 11.3 Å². The number of aryl methyl sites for hydroxylation is 1. The molecule has 2 aliphatic rings. The molecule has 1 saturated heterocycles. The smallest absolute Gasteiger partial charge is 0.266 e. The third-order valence-electron chi connectivity index (χ3n) is 4.84. The van der Waals surface area contributed by atoms with Gasteiger partial charge in [0.15, 0.2) is 0 Å². The van der Waals surface area contributed by atoms with Crippen LogP contribution >= 0.6 is 11.3 Å². The zero-order valence-electron chi connectivity index (χ0n) is 13.4. The van der Waals surface area contributed by atoms with E-state index in [0.717, 1.165) is 10.6 Å². The fourth-order valence-corrected chi connectivity index (χ4v) is 4.16. The SMILES string of the molecule is Cn1cc(-c2ncc(C(=O)N3CCOCC3(C)C3CC3)s2)cn1. The van der Waals surface area contributed by atoms with Crippen molar-refractivity contribution in [2.45, 2.75) is 25.3 Å². The van der Waals surface area contributed by atoms with Gasteiger partial charge in [0, 0.05) is 25.4 Å². The summed E-state index contributed by atoms with van der Waals surface area (Å²) in [6, 6.07) is 0. The molecule has 7 heteroatoms. The van der Waals surface area contributed by atoms with Crippen molar-refractivity contribution in [1.29, 1.82) is 0 Å². The van der Waals surface area contributed by atoms with Crippen LogP contribution in [0.4, 0.5) is 0 Å². The average Bonchev–Trinajstić information content (AvgIpc) is 3.14. The molecule has 0 spiro atoms. The molecule has 1 saturated carbocycles. The molecule has 2 aromatic rings. The number of hydrogen-bond acceptors (Lipinski definition) is 5. The molecule has 4 rings (SSSR count). The highest BCUT2D eigenvalue weighted by Crippen LogP contribution is 2.45. The van der Waals surface area contributed by atoms with Crippen LogP contribution in [0.15, 0.2) is 18.6 Å². The van der Waals surface area contributed by atoms with Crippen molar-refractivity contribution in [3.8, 4) is 10.6 Å². The van der Waals surface area contributed by atoms with E-state index in [2.05, 4.69) is 17.0 Å². The van der Waals surface area contributed by atoms with Crippen molar-refractivity contribution >= 4 is 17.2 Å². The van der Waals surface area contributed by atoms with E-state index < -0.39 is 0 Å². The molecule has 122 valence electrons. The van der Waals surface area contributed by atoms with E-state index >= 15 is 0 Å². The average molecular weight is 332 g/mol. The van der Waals surface area contributed by atoms with Gasteiger partial charge in [-0.05, 0) is 25.7 Å². The lowest BCUT2D eigenvalue weighted by Gasteiger charge is -2.44. The first-order valence-corrected chi connectivity index (χ1v) is 8.74. The predicted molar refractivity (Wildman–Crippen MR) is 87.3 cm³/mol. The Bertz CT molecular complexity index is 736. The second-order valence-corrected chi connectivity index (χ2v) is 7.60. The van der Waals surface area contributed by atoms with E-state index in [1.807, 2.05) is 18.1 Å². The van der Waals surface area contributed by atoms with Crippen molar-refractivity contribution < 1.29 is 9.53 Å². The molecule has 0 radical (unpaired) electrons. The minimum Gasteiger partial charge on any atom is -0.377 e. The van der Waals surface area contributed by atoms with Crippen molar-refractivity contribution in [3.63, 3.8) is 0 Å². The molecule has 0 N–H and O–H groups in total. The van der Waals surface area contributed by atoms with E-state index in [9.17, 15) is 4.79 Å². The second-order valence-electron chi connectivity index (χ2n) is 6.57. The summed E-state index contributed by atoms with van der Waals surface area (Å²) in [5.41, 5.74) is 0.775. The van der Waals surface area contributed by atoms with Crippen LogP contribution in [0.2, 0.25) is 0 Å². The third-order valence-corrected chi connectivity index (χ3v) is 5.87. The monoisotopic (exact) mass is 332 g/mol. The summed E-state index contributed by atoms with van der Waals surface area (Å²) >= 11 is 1.44. The van der Waals surface area contributed by atoms with Gasteiger partial charge >= 0.3 is 0 Å². The lowest BCUT2D eigenvalue weighted by Crippen LogP contribution is -2.58. The summed E-state index contributed by atoms with van der Waals surface area (Å²) in [6.07, 6.45) is 7.75. The highest BCUT2D eigenvalue weighted by Gasteiger charge is 2.49. The fourth-order valence-electron chi connectivity index (χ4n) is 3.32. The molecule has 23 heavy (non-hydrogen) atoms. The van der Waals surface area contributed by atoms with Crippen molar-refractivity contribution in [3.05, 3.63) is 23.5 Å². The molecule has 1 amide bonds. The summed E-state index contributed by atoms with van der Waals surface area (Å²) in [6.45, 7) is 4.07. The Balaban J connectivity index is 1.60. The van der Waals surface area contributed by atoms with Gasteiger partial charge in [0.25, 0.3) is 5.91 Å². The molecule has 2 aromatic heterocycles. The number of thiazole rings is 1. The zero-order chi connectivity index (χ0) is 16.0. The summed E-state index contributed by atoms with van der Waals surface area (Å²) in [5, 5.41) is 5.00. The summed E-state index contributed by atoms with van der Waals surface area (Å²) in [5.74, 6) is 0.646. The Morgan fingerprint density at radius 3 is 2.96 bits per heavy atom. The van der Waals surface area contributed by atoms with Crippen LogP contribution in [-0.2, 0) is 11.8 Å². The lowest BCUT2D eigenvalue weighted by molar-refractivity contribution is -0.0545. The molecule has 3 heterocycles. The number of ether oxygens (including phenoxy) is 1. The molecule has 1 aliphatic carbocycles.